The van der Waals surface area contributed by atoms with Crippen LogP contribution in [0.4, 0.5) is 0 Å². The van der Waals surface area contributed by atoms with E-state index in [2.05, 4.69) is 10.6 Å². The molecule has 0 saturated carbocycles. The van der Waals surface area contributed by atoms with Gasteiger partial charge >= 0.3 is 0 Å². The van der Waals surface area contributed by atoms with Crippen molar-refractivity contribution >= 4 is 11.8 Å². The zero-order valence-corrected chi connectivity index (χ0v) is 7.21. The zero-order chi connectivity index (χ0) is 9.68. The molecule has 0 bridgehead atoms. The molecule has 0 atom stereocenters. The summed E-state index contributed by atoms with van der Waals surface area (Å²) in [7, 11) is 0. The molecule has 0 unspecified atom stereocenters. The molecule has 0 aliphatic carbocycles. The van der Waals surface area contributed by atoms with Gasteiger partial charge in [-0.1, -0.05) is 0 Å². The van der Waals surface area contributed by atoms with E-state index in [1.807, 2.05) is 0 Å². The second-order valence-electron chi connectivity index (χ2n) is 2.78. The maximum Gasteiger partial charge on any atom is 0.239 e. The summed E-state index contributed by atoms with van der Waals surface area (Å²) in [4.78, 5) is 21.7. The number of carbonyl (C=O) groups excluding carboxylic acids is 2. The van der Waals surface area contributed by atoms with Crippen molar-refractivity contribution in [1.82, 2.24) is 10.6 Å². The number of hydrogen-bond acceptors (Lipinski definition) is 4. The minimum atomic E-state index is -0.333. The number of ether oxygens (including phenoxy) is 1. The van der Waals surface area contributed by atoms with Crippen LogP contribution in [0.2, 0.25) is 0 Å². The normalized spacial score (nSPS) is 16.1. The average Bonchev–Trinajstić information content (AvgIpc) is 2.07. The summed E-state index contributed by atoms with van der Waals surface area (Å²) in [6.07, 6.45) is 0. The molecule has 0 aromatic rings. The highest BCUT2D eigenvalue weighted by atomic mass is 16.5. The molecular weight excluding hydrogens is 174 g/mol. The maximum atomic E-state index is 11.0. The van der Waals surface area contributed by atoms with Gasteiger partial charge in [0.15, 0.2) is 0 Å². The van der Waals surface area contributed by atoms with Crippen LogP contribution in [0.1, 0.15) is 0 Å². The number of rotatable bonds is 4. The first kappa shape index (κ1) is 9.94. The highest BCUT2D eigenvalue weighted by Gasteiger charge is 2.19. The van der Waals surface area contributed by atoms with E-state index in [0.29, 0.717) is 13.2 Å². The Hall–Kier alpha value is -1.14. The van der Waals surface area contributed by atoms with Crippen molar-refractivity contribution in [3.05, 3.63) is 0 Å². The fourth-order valence-corrected chi connectivity index (χ4v) is 0.849. The van der Waals surface area contributed by atoms with Crippen LogP contribution in [-0.4, -0.2) is 44.2 Å². The number of nitrogens with two attached hydrogens (primary N) is 1. The SMILES string of the molecule is NCC(=O)NCC(=O)NC1COC1. The van der Waals surface area contributed by atoms with Gasteiger partial charge in [0.05, 0.1) is 32.3 Å². The molecule has 6 heteroatoms. The molecule has 1 heterocycles. The Morgan fingerprint density at radius 3 is 2.54 bits per heavy atom. The van der Waals surface area contributed by atoms with Gasteiger partial charge in [-0.2, -0.15) is 0 Å². The van der Waals surface area contributed by atoms with Gasteiger partial charge in [0.1, 0.15) is 0 Å². The van der Waals surface area contributed by atoms with Crippen molar-refractivity contribution in [3.63, 3.8) is 0 Å². The first-order valence-corrected chi connectivity index (χ1v) is 4.06. The van der Waals surface area contributed by atoms with Gasteiger partial charge in [0.2, 0.25) is 11.8 Å². The smallest absolute Gasteiger partial charge is 0.239 e. The van der Waals surface area contributed by atoms with Crippen molar-refractivity contribution in [1.29, 1.82) is 0 Å². The van der Waals surface area contributed by atoms with Gasteiger partial charge in [0, 0.05) is 0 Å². The summed E-state index contributed by atoms with van der Waals surface area (Å²) in [5.41, 5.74) is 5.03. The molecule has 1 saturated heterocycles. The van der Waals surface area contributed by atoms with Crippen LogP contribution in [0.25, 0.3) is 0 Å². The predicted octanol–water partition coefficient (Wildman–Crippen LogP) is -2.42. The highest BCUT2D eigenvalue weighted by molar-refractivity contribution is 5.85. The van der Waals surface area contributed by atoms with Crippen LogP contribution in [0.3, 0.4) is 0 Å². The van der Waals surface area contributed by atoms with Crippen LogP contribution in [-0.2, 0) is 14.3 Å². The fraction of sp³-hybridized carbons (Fsp3) is 0.714. The van der Waals surface area contributed by atoms with Crippen molar-refractivity contribution in [3.8, 4) is 0 Å². The third-order valence-electron chi connectivity index (χ3n) is 1.63. The molecular formula is C7H13N3O3. The molecule has 1 aliphatic heterocycles. The van der Waals surface area contributed by atoms with Gasteiger partial charge < -0.3 is 21.1 Å². The average molecular weight is 187 g/mol. The van der Waals surface area contributed by atoms with Gasteiger partial charge in [0.25, 0.3) is 0 Å². The maximum absolute atomic E-state index is 11.0. The molecule has 2 amide bonds. The van der Waals surface area contributed by atoms with E-state index < -0.39 is 0 Å². The highest BCUT2D eigenvalue weighted by Crippen LogP contribution is 1.98. The Morgan fingerprint density at radius 1 is 1.38 bits per heavy atom. The monoisotopic (exact) mass is 187 g/mol. The number of amides is 2. The minimum absolute atomic E-state index is 0.0213. The molecule has 74 valence electrons. The van der Waals surface area contributed by atoms with E-state index in [1.54, 1.807) is 0 Å². The molecule has 1 rings (SSSR count). The fourth-order valence-electron chi connectivity index (χ4n) is 0.849. The van der Waals surface area contributed by atoms with E-state index in [0.717, 1.165) is 0 Å². The number of hydrogen-bond donors (Lipinski definition) is 3. The molecule has 1 aliphatic rings. The van der Waals surface area contributed by atoms with Crippen molar-refractivity contribution < 1.29 is 14.3 Å². The lowest BCUT2D eigenvalue weighted by atomic mass is 10.2. The van der Waals surface area contributed by atoms with Crippen LogP contribution in [0, 0.1) is 0 Å². The Labute approximate surface area is 75.8 Å². The summed E-state index contributed by atoms with van der Waals surface area (Å²) >= 11 is 0. The second-order valence-corrected chi connectivity index (χ2v) is 2.78. The summed E-state index contributed by atoms with van der Waals surface area (Å²) < 4.78 is 4.86. The minimum Gasteiger partial charge on any atom is -0.377 e. The van der Waals surface area contributed by atoms with Gasteiger partial charge in [-0.3, -0.25) is 9.59 Å². The van der Waals surface area contributed by atoms with Crippen LogP contribution in [0.5, 0.6) is 0 Å². The van der Waals surface area contributed by atoms with Gasteiger partial charge in [-0.25, -0.2) is 0 Å². The first-order valence-electron chi connectivity index (χ1n) is 4.06. The van der Waals surface area contributed by atoms with E-state index >= 15 is 0 Å². The van der Waals surface area contributed by atoms with E-state index in [1.165, 1.54) is 0 Å². The summed E-state index contributed by atoms with van der Waals surface area (Å²) in [6.45, 7) is 0.986. The van der Waals surface area contributed by atoms with E-state index in [-0.39, 0.29) is 30.9 Å². The quantitative estimate of drug-likeness (QED) is 0.456. The standard InChI is InChI=1S/C7H13N3O3/c8-1-6(11)9-2-7(12)10-5-3-13-4-5/h5H,1-4,8H2,(H,9,11)(H,10,12). The Morgan fingerprint density at radius 2 is 2.08 bits per heavy atom. The Balaban J connectivity index is 2.06. The molecule has 4 N–H and O–H groups in total. The van der Waals surface area contributed by atoms with Crippen LogP contribution < -0.4 is 16.4 Å². The zero-order valence-electron chi connectivity index (χ0n) is 7.21. The third-order valence-corrected chi connectivity index (χ3v) is 1.63. The van der Waals surface area contributed by atoms with Crippen LogP contribution in [0.15, 0.2) is 0 Å². The molecule has 13 heavy (non-hydrogen) atoms. The lowest BCUT2D eigenvalue weighted by Crippen LogP contribution is -2.51. The molecule has 0 aromatic heterocycles. The summed E-state index contributed by atoms with van der Waals surface area (Å²) in [5, 5.41) is 5.05. The lowest BCUT2D eigenvalue weighted by molar-refractivity contribution is -0.127. The van der Waals surface area contributed by atoms with Crippen molar-refractivity contribution in [2.24, 2.45) is 5.73 Å². The predicted molar refractivity (Wildman–Crippen MR) is 44.8 cm³/mol. The second kappa shape index (κ2) is 4.78. The molecule has 6 nitrogen and oxygen atoms in total. The van der Waals surface area contributed by atoms with Crippen LogP contribution >= 0.6 is 0 Å². The van der Waals surface area contributed by atoms with Gasteiger partial charge in [-0.05, 0) is 0 Å². The third kappa shape index (κ3) is 3.39. The largest absolute Gasteiger partial charge is 0.377 e. The first-order chi connectivity index (χ1) is 6.22. The lowest BCUT2D eigenvalue weighted by Gasteiger charge is -2.26. The Bertz CT molecular complexity index is 203. The van der Waals surface area contributed by atoms with Crippen molar-refractivity contribution in [2.75, 3.05) is 26.3 Å². The van der Waals surface area contributed by atoms with E-state index in [9.17, 15) is 9.59 Å². The molecule has 0 spiro atoms. The van der Waals surface area contributed by atoms with Crippen molar-refractivity contribution in [2.45, 2.75) is 6.04 Å². The molecule has 0 radical (unpaired) electrons. The molecule has 1 fully saturated rings. The Kier molecular flexibility index (Phi) is 3.66. The number of carbonyl (C=O) groups is 2. The molecule has 0 aromatic carbocycles. The summed E-state index contributed by atoms with van der Waals surface area (Å²) in [6, 6.07) is 0.0993. The van der Waals surface area contributed by atoms with E-state index in [4.69, 9.17) is 10.5 Å². The number of nitrogens with one attached hydrogen (secondary N) is 2. The van der Waals surface area contributed by atoms with Gasteiger partial charge in [-0.15, -0.1) is 0 Å². The topological polar surface area (TPSA) is 93.5 Å². The summed E-state index contributed by atoms with van der Waals surface area (Å²) in [5.74, 6) is -0.546.